The van der Waals surface area contributed by atoms with Gasteiger partial charge < -0.3 is 10.5 Å². The number of hydrogen-bond acceptors (Lipinski definition) is 3. The summed E-state index contributed by atoms with van der Waals surface area (Å²) in [5.41, 5.74) is 7.08. The lowest BCUT2D eigenvalue weighted by atomic mass is 10.1. The van der Waals surface area contributed by atoms with Crippen LogP contribution in [0, 0.1) is 0 Å². The monoisotopic (exact) mass is 223 g/mol. The van der Waals surface area contributed by atoms with Crippen LogP contribution in [0.25, 0.3) is 0 Å². The number of ether oxygens (including phenoxy) is 1. The Hall–Kier alpha value is -0.870. The van der Waals surface area contributed by atoms with Gasteiger partial charge in [-0.15, -0.1) is 0 Å². The highest BCUT2D eigenvalue weighted by atomic mass is 16.5. The minimum absolute atomic E-state index is 0.00444. The molecule has 90 valence electrons. The molecule has 0 amide bonds. The van der Waals surface area contributed by atoms with Gasteiger partial charge in [-0.1, -0.05) is 12.8 Å². The van der Waals surface area contributed by atoms with Gasteiger partial charge in [0.15, 0.2) is 0 Å². The molecule has 2 N–H and O–H groups in total. The Morgan fingerprint density at radius 2 is 2.19 bits per heavy atom. The van der Waals surface area contributed by atoms with Crippen molar-refractivity contribution < 1.29 is 4.74 Å². The van der Waals surface area contributed by atoms with Crippen LogP contribution < -0.4 is 5.73 Å². The molecule has 1 saturated carbocycles. The smallest absolute Gasteiger partial charge is 0.101 e. The van der Waals surface area contributed by atoms with Crippen molar-refractivity contribution in [1.29, 1.82) is 0 Å². The average molecular weight is 223 g/mol. The lowest BCUT2D eigenvalue weighted by molar-refractivity contribution is -0.0202. The first-order valence-corrected chi connectivity index (χ1v) is 6.06. The van der Waals surface area contributed by atoms with Crippen LogP contribution in [0.15, 0.2) is 12.4 Å². The van der Waals surface area contributed by atoms with E-state index in [0.717, 1.165) is 5.56 Å². The van der Waals surface area contributed by atoms with Crippen molar-refractivity contribution in [3.05, 3.63) is 18.0 Å². The molecule has 0 spiro atoms. The van der Waals surface area contributed by atoms with E-state index in [1.807, 2.05) is 26.4 Å². The predicted molar refractivity (Wildman–Crippen MR) is 62.9 cm³/mol. The van der Waals surface area contributed by atoms with Gasteiger partial charge in [0.2, 0.25) is 0 Å². The fourth-order valence-electron chi connectivity index (χ4n) is 2.32. The first kappa shape index (κ1) is 11.6. The second-order valence-corrected chi connectivity index (χ2v) is 4.77. The molecule has 1 aromatic heterocycles. The van der Waals surface area contributed by atoms with Crippen LogP contribution in [0.2, 0.25) is 0 Å². The normalized spacial score (nSPS) is 21.2. The van der Waals surface area contributed by atoms with E-state index in [1.165, 1.54) is 25.7 Å². The van der Waals surface area contributed by atoms with Gasteiger partial charge in [-0.05, 0) is 19.8 Å². The van der Waals surface area contributed by atoms with Crippen LogP contribution in [0.4, 0.5) is 0 Å². The van der Waals surface area contributed by atoms with Crippen molar-refractivity contribution in [2.24, 2.45) is 12.8 Å². The van der Waals surface area contributed by atoms with E-state index in [1.54, 1.807) is 4.68 Å². The number of aryl methyl sites for hydroxylation is 1. The molecule has 1 aliphatic rings. The molecule has 1 aliphatic carbocycles. The molecule has 0 aromatic carbocycles. The van der Waals surface area contributed by atoms with Crippen LogP contribution in [-0.2, 0) is 11.8 Å². The Kier molecular flexibility index (Phi) is 3.61. The third kappa shape index (κ3) is 2.62. The highest BCUT2D eigenvalue weighted by Gasteiger charge is 2.25. The number of nitrogens with zero attached hydrogens (tertiary/aromatic N) is 2. The van der Waals surface area contributed by atoms with E-state index in [-0.39, 0.29) is 12.1 Å². The van der Waals surface area contributed by atoms with Crippen LogP contribution in [-0.4, -0.2) is 21.9 Å². The zero-order valence-corrected chi connectivity index (χ0v) is 10.1. The first-order chi connectivity index (χ1) is 7.66. The highest BCUT2D eigenvalue weighted by molar-refractivity contribution is 5.10. The molecule has 2 atom stereocenters. The third-order valence-electron chi connectivity index (χ3n) is 3.17. The molecule has 4 heteroatoms. The second kappa shape index (κ2) is 4.97. The average Bonchev–Trinajstić information content (AvgIpc) is 2.84. The minimum atomic E-state index is -0.0169. The first-order valence-electron chi connectivity index (χ1n) is 6.06. The Balaban J connectivity index is 2.04. The maximum absolute atomic E-state index is 6.09. The zero-order valence-electron chi connectivity index (χ0n) is 10.1. The predicted octanol–water partition coefficient (Wildman–Crippen LogP) is 1.77. The number of hydrogen-bond donors (Lipinski definition) is 1. The number of nitrogens with two attached hydrogens (primary N) is 1. The Morgan fingerprint density at radius 3 is 2.69 bits per heavy atom. The Morgan fingerprint density at radius 1 is 1.50 bits per heavy atom. The standard InChI is InChI=1S/C12H21N3O/c1-9(13)12(10-7-14-15(2)8-10)16-11-5-3-4-6-11/h7-9,11-12H,3-6,13H2,1-2H3. The van der Waals surface area contributed by atoms with Crippen molar-refractivity contribution in [3.63, 3.8) is 0 Å². The van der Waals surface area contributed by atoms with E-state index in [9.17, 15) is 0 Å². The van der Waals surface area contributed by atoms with Crippen LogP contribution in [0.3, 0.4) is 0 Å². The lowest BCUT2D eigenvalue weighted by Gasteiger charge is -2.24. The molecule has 0 saturated heterocycles. The van der Waals surface area contributed by atoms with Crippen LogP contribution in [0.5, 0.6) is 0 Å². The van der Waals surface area contributed by atoms with Gasteiger partial charge >= 0.3 is 0 Å². The highest BCUT2D eigenvalue weighted by Crippen LogP contribution is 2.28. The van der Waals surface area contributed by atoms with Gasteiger partial charge in [0.25, 0.3) is 0 Å². The van der Waals surface area contributed by atoms with Gasteiger partial charge in [-0.25, -0.2) is 0 Å². The van der Waals surface area contributed by atoms with E-state index in [2.05, 4.69) is 5.10 Å². The number of rotatable bonds is 4. The fourth-order valence-corrected chi connectivity index (χ4v) is 2.32. The summed E-state index contributed by atoms with van der Waals surface area (Å²) in [4.78, 5) is 0. The Bertz CT molecular complexity index is 329. The summed E-state index contributed by atoms with van der Waals surface area (Å²) < 4.78 is 7.89. The van der Waals surface area contributed by atoms with E-state index < -0.39 is 0 Å². The minimum Gasteiger partial charge on any atom is -0.369 e. The molecular weight excluding hydrogens is 202 g/mol. The maximum Gasteiger partial charge on any atom is 0.101 e. The quantitative estimate of drug-likeness (QED) is 0.846. The molecule has 16 heavy (non-hydrogen) atoms. The van der Waals surface area contributed by atoms with Gasteiger partial charge in [0.1, 0.15) is 6.10 Å². The molecule has 2 unspecified atom stereocenters. The summed E-state index contributed by atoms with van der Waals surface area (Å²) in [5, 5.41) is 4.18. The molecule has 4 nitrogen and oxygen atoms in total. The van der Waals surface area contributed by atoms with E-state index in [4.69, 9.17) is 10.5 Å². The van der Waals surface area contributed by atoms with Gasteiger partial charge in [0.05, 0.1) is 12.3 Å². The van der Waals surface area contributed by atoms with Crippen LogP contribution >= 0.6 is 0 Å². The molecule has 1 aromatic rings. The van der Waals surface area contributed by atoms with Crippen molar-refractivity contribution in [2.45, 2.75) is 50.9 Å². The van der Waals surface area contributed by atoms with Gasteiger partial charge in [0, 0.05) is 24.8 Å². The second-order valence-electron chi connectivity index (χ2n) is 4.77. The topological polar surface area (TPSA) is 53.1 Å². The molecular formula is C12H21N3O. The van der Waals surface area contributed by atoms with Gasteiger partial charge in [-0.3, -0.25) is 4.68 Å². The third-order valence-corrected chi connectivity index (χ3v) is 3.17. The molecule has 1 fully saturated rings. The van der Waals surface area contributed by atoms with E-state index >= 15 is 0 Å². The zero-order chi connectivity index (χ0) is 11.5. The van der Waals surface area contributed by atoms with Gasteiger partial charge in [-0.2, -0.15) is 5.10 Å². The summed E-state index contributed by atoms with van der Waals surface area (Å²) in [5.74, 6) is 0. The fraction of sp³-hybridized carbons (Fsp3) is 0.750. The van der Waals surface area contributed by atoms with Crippen molar-refractivity contribution in [1.82, 2.24) is 9.78 Å². The van der Waals surface area contributed by atoms with E-state index in [0.29, 0.717) is 6.10 Å². The summed E-state index contributed by atoms with van der Waals surface area (Å²) in [6.07, 6.45) is 9.11. The lowest BCUT2D eigenvalue weighted by Crippen LogP contribution is -2.29. The molecule has 1 heterocycles. The molecule has 0 radical (unpaired) electrons. The SMILES string of the molecule is CC(N)C(OC1CCCC1)c1cnn(C)c1. The van der Waals surface area contributed by atoms with Crippen molar-refractivity contribution in [2.75, 3.05) is 0 Å². The summed E-state index contributed by atoms with van der Waals surface area (Å²) in [6.45, 7) is 1.99. The summed E-state index contributed by atoms with van der Waals surface area (Å²) in [7, 11) is 1.91. The largest absolute Gasteiger partial charge is 0.369 e. The number of aromatic nitrogens is 2. The molecule has 0 bridgehead atoms. The maximum atomic E-state index is 6.09. The molecule has 2 rings (SSSR count). The Labute approximate surface area is 96.8 Å². The van der Waals surface area contributed by atoms with Crippen molar-refractivity contribution in [3.8, 4) is 0 Å². The van der Waals surface area contributed by atoms with Crippen molar-refractivity contribution >= 4 is 0 Å². The van der Waals surface area contributed by atoms with Crippen LogP contribution in [0.1, 0.15) is 44.3 Å². The summed E-state index contributed by atoms with van der Waals surface area (Å²) >= 11 is 0. The summed E-state index contributed by atoms with van der Waals surface area (Å²) in [6, 6.07) is 0.00444. The molecule has 0 aliphatic heterocycles.